The van der Waals surface area contributed by atoms with E-state index in [1.165, 1.54) is 11.8 Å². The molecule has 182 valence electrons. The van der Waals surface area contributed by atoms with Crippen molar-refractivity contribution in [1.29, 1.82) is 0 Å². The number of thioether (sulfide) groups is 1. The van der Waals surface area contributed by atoms with Crippen LogP contribution in [0.25, 0.3) is 23.0 Å². The second kappa shape index (κ2) is 11.5. The zero-order valence-electron chi connectivity index (χ0n) is 19.9. The Kier molecular flexibility index (Phi) is 8.22. The molecule has 1 aliphatic rings. The number of hydrogen-bond donors (Lipinski definition) is 0. The number of amides is 1. The number of nitrogens with zero attached hydrogens (tertiary/aromatic N) is 3. The zero-order valence-corrected chi connectivity index (χ0v) is 21.5. The fourth-order valence-electron chi connectivity index (χ4n) is 3.72. The number of hydrogen-bond acceptors (Lipinski definition) is 7. The Morgan fingerprint density at radius 2 is 1.86 bits per heavy atom. The lowest BCUT2D eigenvalue weighted by Gasteiger charge is -2.13. The average molecular weight is 510 g/mol. The summed E-state index contributed by atoms with van der Waals surface area (Å²) in [6.07, 6.45) is 4.51. The zero-order chi connectivity index (χ0) is 24.8. The van der Waals surface area contributed by atoms with Crippen LogP contribution in [0.15, 0.2) is 59.6 Å². The molecule has 0 unspecified atom stereocenters. The molecule has 35 heavy (non-hydrogen) atoms. The highest BCUT2D eigenvalue weighted by Crippen LogP contribution is 2.37. The van der Waals surface area contributed by atoms with E-state index >= 15 is 0 Å². The lowest BCUT2D eigenvalue weighted by molar-refractivity contribution is -0.122. The SMILES string of the molecule is CCOCCCN1C(=O)/C(=C/c2cn(-c3ccccc3)nc2-c2ccc(OC)c(OC)c2)SC1=S. The van der Waals surface area contributed by atoms with E-state index in [4.69, 9.17) is 31.5 Å². The summed E-state index contributed by atoms with van der Waals surface area (Å²) in [5, 5.41) is 4.85. The second-order valence-corrected chi connectivity index (χ2v) is 9.34. The number of rotatable bonds is 10. The summed E-state index contributed by atoms with van der Waals surface area (Å²) in [6, 6.07) is 15.5. The Hall–Kier alpha value is -3.14. The Morgan fingerprint density at radius 1 is 1.09 bits per heavy atom. The van der Waals surface area contributed by atoms with E-state index < -0.39 is 0 Å². The number of para-hydroxylation sites is 1. The molecule has 9 heteroatoms. The van der Waals surface area contributed by atoms with Crippen molar-refractivity contribution in [2.24, 2.45) is 0 Å². The Bertz CT molecular complexity index is 1240. The standard InChI is InChI=1S/C26H27N3O4S2/c1-4-33-14-8-13-28-25(30)23(35-26(28)34)16-19-17-29(20-9-6-5-7-10-20)27-24(19)18-11-12-21(31-2)22(15-18)32-3/h5-7,9-12,15-17H,4,8,13-14H2,1-3H3/b23-16-. The fourth-order valence-corrected chi connectivity index (χ4v) is 5.02. The minimum Gasteiger partial charge on any atom is -0.493 e. The van der Waals surface area contributed by atoms with Crippen LogP contribution < -0.4 is 9.47 Å². The molecule has 0 atom stereocenters. The number of ether oxygens (including phenoxy) is 3. The van der Waals surface area contributed by atoms with Crippen LogP contribution in [-0.2, 0) is 9.53 Å². The summed E-state index contributed by atoms with van der Waals surface area (Å²) < 4.78 is 18.6. The van der Waals surface area contributed by atoms with Crippen LogP contribution >= 0.6 is 24.0 Å². The van der Waals surface area contributed by atoms with Gasteiger partial charge in [0.1, 0.15) is 10.0 Å². The number of thiocarbonyl (C=S) groups is 1. The minimum absolute atomic E-state index is 0.0952. The van der Waals surface area contributed by atoms with Gasteiger partial charge in [-0.25, -0.2) is 4.68 Å². The molecular formula is C26H27N3O4S2. The summed E-state index contributed by atoms with van der Waals surface area (Å²) in [7, 11) is 3.20. The number of methoxy groups -OCH3 is 2. The molecule has 1 aliphatic heterocycles. The van der Waals surface area contributed by atoms with E-state index in [1.807, 2.05) is 67.7 Å². The van der Waals surface area contributed by atoms with Crippen molar-refractivity contribution in [1.82, 2.24) is 14.7 Å². The van der Waals surface area contributed by atoms with Gasteiger partial charge in [-0.05, 0) is 49.8 Å². The third-order valence-corrected chi connectivity index (χ3v) is 6.83. The van der Waals surface area contributed by atoms with Crippen molar-refractivity contribution in [3.8, 4) is 28.4 Å². The first-order valence-corrected chi connectivity index (χ1v) is 12.5. The number of carbonyl (C=O) groups is 1. The monoisotopic (exact) mass is 509 g/mol. The van der Waals surface area contributed by atoms with Crippen molar-refractivity contribution in [2.45, 2.75) is 13.3 Å². The summed E-state index contributed by atoms with van der Waals surface area (Å²) in [4.78, 5) is 15.3. The maximum atomic E-state index is 13.1. The van der Waals surface area contributed by atoms with Gasteiger partial charge in [-0.15, -0.1) is 0 Å². The largest absolute Gasteiger partial charge is 0.493 e. The van der Waals surface area contributed by atoms with Gasteiger partial charge in [0, 0.05) is 37.1 Å². The first-order chi connectivity index (χ1) is 17.0. The Labute approximate surface area is 214 Å². The van der Waals surface area contributed by atoms with Crippen LogP contribution in [-0.4, -0.2) is 58.9 Å². The van der Waals surface area contributed by atoms with Gasteiger partial charge in [0.25, 0.3) is 5.91 Å². The summed E-state index contributed by atoms with van der Waals surface area (Å²) in [6.45, 7) is 3.74. The van der Waals surface area contributed by atoms with Gasteiger partial charge in [-0.3, -0.25) is 9.69 Å². The maximum Gasteiger partial charge on any atom is 0.266 e. The highest BCUT2D eigenvalue weighted by molar-refractivity contribution is 8.26. The van der Waals surface area contributed by atoms with Gasteiger partial charge >= 0.3 is 0 Å². The fraction of sp³-hybridized carbons (Fsp3) is 0.269. The van der Waals surface area contributed by atoms with E-state index in [0.29, 0.717) is 40.5 Å². The highest BCUT2D eigenvalue weighted by atomic mass is 32.2. The van der Waals surface area contributed by atoms with Crippen LogP contribution in [0, 0.1) is 0 Å². The normalized spacial score (nSPS) is 14.7. The third kappa shape index (κ3) is 5.58. The molecule has 3 aromatic rings. The summed E-state index contributed by atoms with van der Waals surface area (Å²) in [5.74, 6) is 1.14. The first kappa shape index (κ1) is 25.0. The van der Waals surface area contributed by atoms with E-state index in [2.05, 4.69) is 0 Å². The van der Waals surface area contributed by atoms with Crippen molar-refractivity contribution in [3.05, 3.63) is 65.2 Å². The van der Waals surface area contributed by atoms with Crippen LogP contribution in [0.5, 0.6) is 11.5 Å². The molecule has 1 saturated heterocycles. The van der Waals surface area contributed by atoms with Gasteiger partial charge in [0.15, 0.2) is 11.5 Å². The molecule has 0 aliphatic carbocycles. The molecule has 0 saturated carbocycles. The lowest BCUT2D eigenvalue weighted by atomic mass is 10.1. The van der Waals surface area contributed by atoms with E-state index in [9.17, 15) is 4.79 Å². The predicted octanol–water partition coefficient (Wildman–Crippen LogP) is 5.18. The van der Waals surface area contributed by atoms with Gasteiger partial charge in [0.05, 0.1) is 24.8 Å². The molecule has 7 nitrogen and oxygen atoms in total. The molecule has 0 spiro atoms. The van der Waals surface area contributed by atoms with Crippen LogP contribution in [0.3, 0.4) is 0 Å². The Balaban J connectivity index is 1.71. The van der Waals surface area contributed by atoms with E-state index in [-0.39, 0.29) is 5.91 Å². The van der Waals surface area contributed by atoms with Crippen LogP contribution in [0.2, 0.25) is 0 Å². The Morgan fingerprint density at radius 3 is 2.57 bits per heavy atom. The molecule has 1 amide bonds. The molecular weight excluding hydrogens is 482 g/mol. The maximum absolute atomic E-state index is 13.1. The molecule has 1 aromatic heterocycles. The third-order valence-electron chi connectivity index (χ3n) is 5.45. The van der Waals surface area contributed by atoms with Crippen molar-refractivity contribution >= 4 is 40.3 Å². The number of aromatic nitrogens is 2. The predicted molar refractivity (Wildman–Crippen MR) is 143 cm³/mol. The summed E-state index contributed by atoms with van der Waals surface area (Å²) in [5.41, 5.74) is 3.28. The minimum atomic E-state index is -0.0952. The second-order valence-electron chi connectivity index (χ2n) is 7.67. The van der Waals surface area contributed by atoms with Crippen LogP contribution in [0.4, 0.5) is 0 Å². The van der Waals surface area contributed by atoms with Crippen molar-refractivity contribution < 1.29 is 19.0 Å². The van der Waals surface area contributed by atoms with E-state index in [1.54, 1.807) is 23.8 Å². The van der Waals surface area contributed by atoms with E-state index in [0.717, 1.165) is 28.9 Å². The van der Waals surface area contributed by atoms with Crippen LogP contribution in [0.1, 0.15) is 18.9 Å². The van der Waals surface area contributed by atoms with Gasteiger partial charge in [-0.1, -0.05) is 42.2 Å². The van der Waals surface area contributed by atoms with Gasteiger partial charge in [0.2, 0.25) is 0 Å². The van der Waals surface area contributed by atoms with Gasteiger partial charge in [-0.2, -0.15) is 5.10 Å². The lowest BCUT2D eigenvalue weighted by Crippen LogP contribution is -2.29. The molecule has 2 heterocycles. The molecule has 0 N–H and O–H groups in total. The highest BCUT2D eigenvalue weighted by Gasteiger charge is 2.32. The molecule has 0 radical (unpaired) electrons. The topological polar surface area (TPSA) is 65.8 Å². The molecule has 1 fully saturated rings. The van der Waals surface area contributed by atoms with Crippen molar-refractivity contribution in [2.75, 3.05) is 34.0 Å². The van der Waals surface area contributed by atoms with Gasteiger partial charge < -0.3 is 14.2 Å². The number of carbonyl (C=O) groups excluding carboxylic acids is 1. The molecule has 0 bridgehead atoms. The quantitative estimate of drug-likeness (QED) is 0.212. The smallest absolute Gasteiger partial charge is 0.266 e. The van der Waals surface area contributed by atoms with Crippen molar-refractivity contribution in [3.63, 3.8) is 0 Å². The first-order valence-electron chi connectivity index (χ1n) is 11.3. The summed E-state index contributed by atoms with van der Waals surface area (Å²) >= 11 is 6.80. The number of benzene rings is 2. The average Bonchev–Trinajstić information content (AvgIpc) is 3.42. The molecule has 4 rings (SSSR count). The molecule has 2 aromatic carbocycles.